The maximum atomic E-state index is 12.2. The van der Waals surface area contributed by atoms with Gasteiger partial charge in [-0.15, -0.1) is 0 Å². The van der Waals surface area contributed by atoms with Gasteiger partial charge < -0.3 is 19.9 Å². The van der Waals surface area contributed by atoms with Crippen molar-refractivity contribution in [2.75, 3.05) is 13.7 Å². The molecule has 0 aliphatic heterocycles. The van der Waals surface area contributed by atoms with E-state index in [1.54, 1.807) is 42.5 Å². The molecule has 0 unspecified atom stereocenters. The zero-order chi connectivity index (χ0) is 19.8. The molecule has 0 fully saturated rings. The molecule has 140 valence electrons. The fourth-order valence-corrected chi connectivity index (χ4v) is 2.48. The minimum absolute atomic E-state index is 0.235. The van der Waals surface area contributed by atoms with E-state index in [1.165, 1.54) is 19.3 Å². The zero-order valence-electron chi connectivity index (χ0n) is 14.6. The van der Waals surface area contributed by atoms with Gasteiger partial charge in [-0.3, -0.25) is 4.79 Å². The highest BCUT2D eigenvalue weighted by Crippen LogP contribution is 2.37. The highest BCUT2D eigenvalue weighted by Gasteiger charge is 2.15. The van der Waals surface area contributed by atoms with E-state index in [9.17, 15) is 14.7 Å². The summed E-state index contributed by atoms with van der Waals surface area (Å²) in [6.45, 7) is 3.80. The average Bonchev–Trinajstić information content (AvgIpc) is 2.66. The van der Waals surface area contributed by atoms with E-state index in [0.29, 0.717) is 22.6 Å². The highest BCUT2D eigenvalue weighted by molar-refractivity contribution is 6.32. The molecule has 0 aromatic heterocycles. The molecular formula is C20H18ClNO5. The molecule has 0 saturated carbocycles. The van der Waals surface area contributed by atoms with E-state index in [4.69, 9.17) is 21.1 Å². The number of hydrogen-bond donors (Lipinski definition) is 2. The predicted octanol–water partition coefficient (Wildman–Crippen LogP) is 3.77. The molecule has 0 aliphatic rings. The smallest absolute Gasteiger partial charge is 0.352 e. The molecule has 0 bridgehead atoms. The summed E-state index contributed by atoms with van der Waals surface area (Å²) in [7, 11) is 1.44. The Morgan fingerprint density at radius 1 is 1.26 bits per heavy atom. The van der Waals surface area contributed by atoms with Crippen molar-refractivity contribution >= 4 is 29.6 Å². The molecule has 2 rings (SSSR count). The van der Waals surface area contributed by atoms with Crippen LogP contribution >= 0.6 is 11.6 Å². The summed E-state index contributed by atoms with van der Waals surface area (Å²) < 4.78 is 10.7. The van der Waals surface area contributed by atoms with Gasteiger partial charge in [0.15, 0.2) is 11.5 Å². The van der Waals surface area contributed by atoms with Crippen LogP contribution in [0.3, 0.4) is 0 Å². The quantitative estimate of drug-likeness (QED) is 0.532. The number of carbonyl (C=O) groups excluding carboxylic acids is 1. The van der Waals surface area contributed by atoms with Crippen LogP contribution in [0.4, 0.5) is 0 Å². The normalized spacial score (nSPS) is 10.8. The number of methoxy groups -OCH3 is 1. The third-order valence-electron chi connectivity index (χ3n) is 3.42. The van der Waals surface area contributed by atoms with Gasteiger partial charge in [-0.05, 0) is 35.9 Å². The van der Waals surface area contributed by atoms with E-state index in [-0.39, 0.29) is 17.3 Å². The van der Waals surface area contributed by atoms with Crippen LogP contribution < -0.4 is 14.8 Å². The molecule has 2 aromatic carbocycles. The van der Waals surface area contributed by atoms with Crippen molar-refractivity contribution < 1.29 is 24.2 Å². The number of hydrogen-bond acceptors (Lipinski definition) is 4. The van der Waals surface area contributed by atoms with E-state index in [2.05, 4.69) is 11.9 Å². The Bertz CT molecular complexity index is 877. The highest BCUT2D eigenvalue weighted by atomic mass is 35.5. The molecule has 2 N–H and O–H groups in total. The van der Waals surface area contributed by atoms with Crippen LogP contribution in [0, 0.1) is 0 Å². The van der Waals surface area contributed by atoms with Crippen molar-refractivity contribution in [1.29, 1.82) is 0 Å². The molecule has 0 saturated heterocycles. The van der Waals surface area contributed by atoms with Crippen molar-refractivity contribution in [1.82, 2.24) is 5.32 Å². The number of halogens is 1. The first-order valence-electron chi connectivity index (χ1n) is 7.89. The van der Waals surface area contributed by atoms with Gasteiger partial charge in [0, 0.05) is 5.56 Å². The summed E-state index contributed by atoms with van der Waals surface area (Å²) in [6.07, 6.45) is 2.85. The second kappa shape index (κ2) is 9.45. The van der Waals surface area contributed by atoms with Crippen molar-refractivity contribution in [2.24, 2.45) is 0 Å². The second-order valence-electron chi connectivity index (χ2n) is 5.32. The standard InChI is InChI=1S/C20H18ClNO5/c1-3-9-27-18-15(21)10-13(12-17(18)26-2)11-16(20(24)25)22-19(23)14-7-5-4-6-8-14/h3-8,10-12H,1,9H2,2H3,(H,22,23)(H,24,25)/b16-11+. The molecule has 27 heavy (non-hydrogen) atoms. The van der Waals surface area contributed by atoms with Crippen LogP contribution in [-0.2, 0) is 4.79 Å². The Morgan fingerprint density at radius 2 is 1.96 bits per heavy atom. The lowest BCUT2D eigenvalue weighted by Crippen LogP contribution is -2.27. The molecule has 0 spiro atoms. The number of aliphatic carboxylic acids is 1. The average molecular weight is 388 g/mol. The summed E-state index contributed by atoms with van der Waals surface area (Å²) in [6, 6.07) is 11.4. The van der Waals surface area contributed by atoms with Crippen LogP contribution in [0.5, 0.6) is 11.5 Å². The fourth-order valence-electron chi connectivity index (χ4n) is 2.21. The maximum Gasteiger partial charge on any atom is 0.352 e. The molecule has 7 heteroatoms. The van der Waals surface area contributed by atoms with Gasteiger partial charge in [-0.2, -0.15) is 0 Å². The summed E-state index contributed by atoms with van der Waals surface area (Å²) in [5.41, 5.74) is 0.462. The Balaban J connectivity index is 2.34. The number of rotatable bonds is 8. The molecule has 0 heterocycles. The first-order chi connectivity index (χ1) is 13.0. The van der Waals surface area contributed by atoms with Crippen LogP contribution in [0.25, 0.3) is 6.08 Å². The molecule has 1 amide bonds. The molecule has 0 aliphatic carbocycles. The third-order valence-corrected chi connectivity index (χ3v) is 3.70. The van der Waals surface area contributed by atoms with Crippen molar-refractivity contribution in [3.05, 3.63) is 77.0 Å². The summed E-state index contributed by atoms with van der Waals surface area (Å²) >= 11 is 6.21. The number of ether oxygens (including phenoxy) is 2. The van der Waals surface area contributed by atoms with E-state index in [1.807, 2.05) is 0 Å². The van der Waals surface area contributed by atoms with Crippen molar-refractivity contribution in [3.8, 4) is 11.5 Å². The monoisotopic (exact) mass is 387 g/mol. The summed E-state index contributed by atoms with van der Waals surface area (Å²) in [5.74, 6) is -1.18. The van der Waals surface area contributed by atoms with Crippen LogP contribution in [0.2, 0.25) is 5.02 Å². The van der Waals surface area contributed by atoms with Crippen molar-refractivity contribution in [2.45, 2.75) is 0 Å². The lowest BCUT2D eigenvalue weighted by molar-refractivity contribution is -0.132. The Labute approximate surface area is 161 Å². The molecule has 0 atom stereocenters. The Kier molecular flexibility index (Phi) is 7.02. The first kappa shape index (κ1) is 20.1. The first-order valence-corrected chi connectivity index (χ1v) is 8.26. The van der Waals surface area contributed by atoms with E-state index >= 15 is 0 Å². The SMILES string of the molecule is C=CCOc1c(Cl)cc(/C=C(/NC(=O)c2ccccc2)C(=O)O)cc1OC. The fraction of sp³-hybridized carbons (Fsp3) is 0.100. The van der Waals surface area contributed by atoms with Crippen LogP contribution in [-0.4, -0.2) is 30.7 Å². The maximum absolute atomic E-state index is 12.2. The lowest BCUT2D eigenvalue weighted by Gasteiger charge is -2.12. The number of amides is 1. The minimum atomic E-state index is -1.29. The Morgan fingerprint density at radius 3 is 2.56 bits per heavy atom. The van der Waals surface area contributed by atoms with Crippen LogP contribution in [0.1, 0.15) is 15.9 Å². The second-order valence-corrected chi connectivity index (χ2v) is 5.72. The number of nitrogens with one attached hydrogen (secondary N) is 1. The lowest BCUT2D eigenvalue weighted by atomic mass is 10.1. The molecule has 6 nitrogen and oxygen atoms in total. The van der Waals surface area contributed by atoms with E-state index < -0.39 is 11.9 Å². The largest absolute Gasteiger partial charge is 0.493 e. The van der Waals surface area contributed by atoms with Gasteiger partial charge in [-0.25, -0.2) is 4.79 Å². The van der Waals surface area contributed by atoms with Gasteiger partial charge in [0.2, 0.25) is 0 Å². The molecule has 2 aromatic rings. The minimum Gasteiger partial charge on any atom is -0.493 e. The van der Waals surface area contributed by atoms with E-state index in [0.717, 1.165) is 0 Å². The van der Waals surface area contributed by atoms with Crippen LogP contribution in [0.15, 0.2) is 60.8 Å². The summed E-state index contributed by atoms with van der Waals surface area (Å²) in [4.78, 5) is 23.8. The molecular weight excluding hydrogens is 370 g/mol. The number of carbonyl (C=O) groups is 2. The predicted molar refractivity (Wildman–Crippen MR) is 103 cm³/mol. The summed E-state index contributed by atoms with van der Waals surface area (Å²) in [5, 5.41) is 12.0. The zero-order valence-corrected chi connectivity index (χ0v) is 15.3. The van der Waals surface area contributed by atoms with Gasteiger partial charge in [-0.1, -0.05) is 42.5 Å². The van der Waals surface area contributed by atoms with Gasteiger partial charge in [0.05, 0.1) is 12.1 Å². The van der Waals surface area contributed by atoms with Gasteiger partial charge in [0.25, 0.3) is 5.91 Å². The Hall–Kier alpha value is -3.25. The van der Waals surface area contributed by atoms with Gasteiger partial charge >= 0.3 is 5.97 Å². The third kappa shape index (κ3) is 5.36. The number of carboxylic acid groups (broad SMARTS) is 1. The number of benzene rings is 2. The van der Waals surface area contributed by atoms with Gasteiger partial charge in [0.1, 0.15) is 12.3 Å². The van der Waals surface area contributed by atoms with Crippen molar-refractivity contribution in [3.63, 3.8) is 0 Å². The molecule has 0 radical (unpaired) electrons. The number of carboxylic acids is 1. The topological polar surface area (TPSA) is 84.9 Å².